The van der Waals surface area contributed by atoms with Crippen LogP contribution < -0.4 is 0 Å². The molecule has 1 heterocycles. The second-order valence-electron chi connectivity index (χ2n) is 5.80. The summed E-state index contributed by atoms with van der Waals surface area (Å²) >= 11 is 1.75. The molecule has 0 spiro atoms. The molecule has 1 nitrogen and oxygen atoms in total. The highest BCUT2D eigenvalue weighted by Gasteiger charge is 2.07. The molecule has 0 radical (unpaired) electrons. The van der Waals surface area contributed by atoms with E-state index in [4.69, 9.17) is 4.98 Å². The zero-order valence-corrected chi connectivity index (χ0v) is 14.3. The van der Waals surface area contributed by atoms with E-state index in [9.17, 15) is 0 Å². The van der Waals surface area contributed by atoms with Gasteiger partial charge < -0.3 is 0 Å². The summed E-state index contributed by atoms with van der Waals surface area (Å²) in [6, 6.07) is 25.2. The van der Waals surface area contributed by atoms with Crippen LogP contribution in [0.15, 0.2) is 72.8 Å². The molecule has 116 valence electrons. The van der Waals surface area contributed by atoms with Crippen LogP contribution in [0.2, 0.25) is 0 Å². The van der Waals surface area contributed by atoms with Crippen LogP contribution in [0.1, 0.15) is 16.7 Å². The smallest absolute Gasteiger partial charge is 0.124 e. The number of hydrogen-bond donors (Lipinski definition) is 0. The van der Waals surface area contributed by atoms with Crippen molar-refractivity contribution in [2.45, 2.75) is 6.92 Å². The van der Waals surface area contributed by atoms with Gasteiger partial charge in [-0.15, -0.1) is 11.3 Å². The lowest BCUT2D eigenvalue weighted by molar-refractivity contribution is 1.42. The van der Waals surface area contributed by atoms with Crippen LogP contribution in [-0.2, 0) is 0 Å². The van der Waals surface area contributed by atoms with Crippen LogP contribution in [0.25, 0.3) is 32.9 Å². The number of para-hydroxylation sites is 1. The van der Waals surface area contributed by atoms with Crippen molar-refractivity contribution in [3.05, 3.63) is 89.5 Å². The first-order chi connectivity index (χ1) is 11.8. The van der Waals surface area contributed by atoms with Gasteiger partial charge in [0.15, 0.2) is 0 Å². The number of fused-ring (bicyclic) bond motifs is 1. The lowest BCUT2D eigenvalue weighted by Gasteiger charge is -2.03. The fraction of sp³-hybridized carbons (Fsp3) is 0.0455. The molecule has 0 aliphatic carbocycles. The minimum Gasteiger partial charge on any atom is -0.236 e. The molecule has 0 N–H and O–H groups in total. The van der Waals surface area contributed by atoms with E-state index in [2.05, 4.69) is 79.7 Å². The molecular formula is C22H17NS. The molecule has 0 bridgehead atoms. The van der Waals surface area contributed by atoms with Crippen LogP contribution in [0.5, 0.6) is 0 Å². The Morgan fingerprint density at radius 1 is 0.833 bits per heavy atom. The zero-order chi connectivity index (χ0) is 16.4. The van der Waals surface area contributed by atoms with Gasteiger partial charge in [0.2, 0.25) is 0 Å². The molecular weight excluding hydrogens is 310 g/mol. The highest BCUT2D eigenvalue weighted by molar-refractivity contribution is 7.21. The van der Waals surface area contributed by atoms with E-state index in [1.807, 2.05) is 12.1 Å². The molecule has 0 saturated heterocycles. The SMILES string of the molecule is Cc1cc(-c2nc3ccccc3s2)ccc1C=Cc1ccccc1. The normalized spacial score (nSPS) is 11.4. The number of nitrogens with zero attached hydrogens (tertiary/aromatic N) is 1. The summed E-state index contributed by atoms with van der Waals surface area (Å²) in [5.74, 6) is 0. The lowest BCUT2D eigenvalue weighted by atomic mass is 10.0. The van der Waals surface area contributed by atoms with E-state index in [0.717, 1.165) is 10.5 Å². The second-order valence-corrected chi connectivity index (χ2v) is 6.83. The second kappa shape index (κ2) is 6.42. The Kier molecular flexibility index (Phi) is 3.97. The number of hydrogen-bond acceptors (Lipinski definition) is 2. The summed E-state index contributed by atoms with van der Waals surface area (Å²) in [5.41, 5.74) is 5.98. The number of aryl methyl sites for hydroxylation is 1. The Hall–Kier alpha value is -2.71. The van der Waals surface area contributed by atoms with Crippen molar-refractivity contribution < 1.29 is 0 Å². The summed E-state index contributed by atoms with van der Waals surface area (Å²) in [4.78, 5) is 4.75. The number of benzene rings is 3. The molecule has 4 aromatic rings. The predicted molar refractivity (Wildman–Crippen MR) is 105 cm³/mol. The number of aromatic nitrogens is 1. The molecule has 4 rings (SSSR count). The molecule has 0 atom stereocenters. The molecule has 0 aliphatic heterocycles. The first-order valence-electron chi connectivity index (χ1n) is 7.99. The Bertz CT molecular complexity index is 980. The molecule has 0 fully saturated rings. The summed E-state index contributed by atoms with van der Waals surface area (Å²) in [7, 11) is 0. The molecule has 0 amide bonds. The lowest BCUT2D eigenvalue weighted by Crippen LogP contribution is -1.83. The molecule has 24 heavy (non-hydrogen) atoms. The zero-order valence-electron chi connectivity index (χ0n) is 13.4. The minimum absolute atomic E-state index is 1.07. The van der Waals surface area contributed by atoms with Crippen LogP contribution in [0.4, 0.5) is 0 Å². The van der Waals surface area contributed by atoms with Crippen molar-refractivity contribution in [3.8, 4) is 10.6 Å². The molecule has 0 unspecified atom stereocenters. The molecule has 2 heteroatoms. The van der Waals surface area contributed by atoms with Gasteiger partial charge in [-0.2, -0.15) is 0 Å². The third-order valence-corrected chi connectivity index (χ3v) is 5.15. The average Bonchev–Trinajstić information content (AvgIpc) is 3.06. The maximum Gasteiger partial charge on any atom is 0.124 e. The molecule has 0 aliphatic rings. The van der Waals surface area contributed by atoms with E-state index in [1.54, 1.807) is 11.3 Å². The predicted octanol–water partition coefficient (Wildman–Crippen LogP) is 6.44. The van der Waals surface area contributed by atoms with Gasteiger partial charge in [-0.1, -0.05) is 66.7 Å². The van der Waals surface area contributed by atoms with Gasteiger partial charge in [0, 0.05) is 5.56 Å². The first-order valence-corrected chi connectivity index (χ1v) is 8.81. The fourth-order valence-corrected chi connectivity index (χ4v) is 3.70. The van der Waals surface area contributed by atoms with E-state index in [-0.39, 0.29) is 0 Å². The van der Waals surface area contributed by atoms with Crippen molar-refractivity contribution >= 4 is 33.7 Å². The summed E-state index contributed by atoms with van der Waals surface area (Å²) < 4.78 is 1.23. The van der Waals surface area contributed by atoms with Gasteiger partial charge in [-0.05, 0) is 41.8 Å². The van der Waals surface area contributed by atoms with E-state index < -0.39 is 0 Å². The third kappa shape index (κ3) is 3.01. The van der Waals surface area contributed by atoms with E-state index >= 15 is 0 Å². The van der Waals surface area contributed by atoms with Crippen molar-refractivity contribution in [3.63, 3.8) is 0 Å². The summed E-state index contributed by atoms with van der Waals surface area (Å²) in [6.07, 6.45) is 4.33. The van der Waals surface area contributed by atoms with Gasteiger partial charge in [0.1, 0.15) is 5.01 Å². The third-order valence-electron chi connectivity index (χ3n) is 4.07. The van der Waals surface area contributed by atoms with Crippen LogP contribution in [-0.4, -0.2) is 4.98 Å². The van der Waals surface area contributed by atoms with Crippen molar-refractivity contribution in [2.75, 3.05) is 0 Å². The van der Waals surface area contributed by atoms with Crippen molar-refractivity contribution in [1.82, 2.24) is 4.98 Å². The quantitative estimate of drug-likeness (QED) is 0.394. The molecule has 3 aromatic carbocycles. The largest absolute Gasteiger partial charge is 0.236 e. The van der Waals surface area contributed by atoms with Crippen LogP contribution in [0, 0.1) is 6.92 Å². The number of thiazole rings is 1. The Labute approximate surface area is 145 Å². The van der Waals surface area contributed by atoms with Crippen LogP contribution >= 0.6 is 11.3 Å². The monoisotopic (exact) mass is 327 g/mol. The minimum atomic E-state index is 1.07. The van der Waals surface area contributed by atoms with Crippen molar-refractivity contribution in [1.29, 1.82) is 0 Å². The van der Waals surface area contributed by atoms with Crippen LogP contribution in [0.3, 0.4) is 0 Å². The van der Waals surface area contributed by atoms with E-state index in [1.165, 1.54) is 27.0 Å². The Morgan fingerprint density at radius 2 is 1.62 bits per heavy atom. The maximum absolute atomic E-state index is 4.75. The van der Waals surface area contributed by atoms with E-state index in [0.29, 0.717) is 0 Å². The number of rotatable bonds is 3. The Balaban J connectivity index is 1.65. The first kappa shape index (κ1) is 14.9. The highest BCUT2D eigenvalue weighted by atomic mass is 32.1. The van der Waals surface area contributed by atoms with Gasteiger partial charge in [-0.3, -0.25) is 0 Å². The Morgan fingerprint density at radius 3 is 2.42 bits per heavy atom. The topological polar surface area (TPSA) is 12.9 Å². The van der Waals surface area contributed by atoms with Gasteiger partial charge in [-0.25, -0.2) is 4.98 Å². The fourth-order valence-electron chi connectivity index (χ4n) is 2.74. The van der Waals surface area contributed by atoms with Gasteiger partial charge >= 0.3 is 0 Å². The molecule has 1 aromatic heterocycles. The standard InChI is InChI=1S/C22H17NS/c1-16-15-19(22-23-20-9-5-6-10-21(20)24-22)14-13-18(16)12-11-17-7-3-2-4-8-17/h2-15H,1H3. The highest BCUT2D eigenvalue weighted by Crippen LogP contribution is 2.31. The summed E-state index contributed by atoms with van der Waals surface area (Å²) in [6.45, 7) is 2.15. The average molecular weight is 327 g/mol. The maximum atomic E-state index is 4.75. The van der Waals surface area contributed by atoms with Crippen molar-refractivity contribution in [2.24, 2.45) is 0 Å². The summed E-state index contributed by atoms with van der Waals surface area (Å²) in [5, 5.41) is 1.08. The molecule has 0 saturated carbocycles. The van der Waals surface area contributed by atoms with Gasteiger partial charge in [0.25, 0.3) is 0 Å². The van der Waals surface area contributed by atoms with Gasteiger partial charge in [0.05, 0.1) is 10.2 Å².